The molecule has 0 heterocycles. The highest BCUT2D eigenvalue weighted by molar-refractivity contribution is 5.87. The first-order valence-corrected chi connectivity index (χ1v) is 7.37. The van der Waals surface area contributed by atoms with Crippen LogP contribution in [0.25, 0.3) is 0 Å². The molecule has 1 aliphatic carbocycles. The largest absolute Gasteiger partial charge is 0.506 e. The molecular formula is C16H24N2O4. The molecule has 0 aliphatic heterocycles. The van der Waals surface area contributed by atoms with Crippen LogP contribution in [0, 0.1) is 0 Å². The standard InChI is InChI=1S/C16H24N2O4/c1-15(2,3)22-14(21)18-12-6-10(4-5-13(12)20)16(9-17)7-11(19)8-16/h4-6,11,19-20H,7-9,17H2,1-3H3,(H,18,21). The lowest BCUT2D eigenvalue weighted by Gasteiger charge is -2.45. The molecular weight excluding hydrogens is 284 g/mol. The zero-order valence-corrected chi connectivity index (χ0v) is 13.2. The van der Waals surface area contributed by atoms with Crippen LogP contribution in [-0.2, 0) is 10.2 Å². The number of phenols is 1. The van der Waals surface area contributed by atoms with E-state index in [9.17, 15) is 15.0 Å². The third-order valence-corrected chi connectivity index (χ3v) is 3.89. The van der Waals surface area contributed by atoms with E-state index in [1.807, 2.05) is 0 Å². The van der Waals surface area contributed by atoms with Crippen LogP contribution in [-0.4, -0.2) is 34.6 Å². The molecule has 1 aromatic carbocycles. The molecule has 0 bridgehead atoms. The number of benzene rings is 1. The zero-order valence-electron chi connectivity index (χ0n) is 13.2. The van der Waals surface area contributed by atoms with Gasteiger partial charge in [0.25, 0.3) is 0 Å². The number of phenolic OH excluding ortho intramolecular Hbond substituents is 1. The first-order valence-electron chi connectivity index (χ1n) is 7.37. The van der Waals surface area contributed by atoms with Crippen molar-refractivity contribution < 1.29 is 19.7 Å². The van der Waals surface area contributed by atoms with Gasteiger partial charge in [-0.25, -0.2) is 4.79 Å². The van der Waals surface area contributed by atoms with Gasteiger partial charge < -0.3 is 20.7 Å². The number of hydrogen-bond donors (Lipinski definition) is 4. The van der Waals surface area contributed by atoms with Crippen LogP contribution in [0.4, 0.5) is 10.5 Å². The van der Waals surface area contributed by atoms with Gasteiger partial charge in [-0.05, 0) is 51.3 Å². The Morgan fingerprint density at radius 1 is 1.45 bits per heavy atom. The maximum atomic E-state index is 11.8. The van der Waals surface area contributed by atoms with E-state index in [4.69, 9.17) is 10.5 Å². The molecule has 0 spiro atoms. The molecule has 1 aliphatic rings. The summed E-state index contributed by atoms with van der Waals surface area (Å²) < 4.78 is 5.18. The minimum Gasteiger partial charge on any atom is -0.506 e. The summed E-state index contributed by atoms with van der Waals surface area (Å²) in [6.45, 7) is 5.70. The summed E-state index contributed by atoms with van der Waals surface area (Å²) in [6, 6.07) is 4.98. The molecule has 22 heavy (non-hydrogen) atoms. The smallest absolute Gasteiger partial charge is 0.412 e. The van der Waals surface area contributed by atoms with E-state index in [-0.39, 0.29) is 23.0 Å². The summed E-state index contributed by atoms with van der Waals surface area (Å²) in [5.74, 6) is -0.0401. The lowest BCUT2D eigenvalue weighted by atomic mass is 9.63. The molecule has 2 rings (SSSR count). The number of anilines is 1. The van der Waals surface area contributed by atoms with Gasteiger partial charge in [0.1, 0.15) is 11.4 Å². The fourth-order valence-corrected chi connectivity index (χ4v) is 2.74. The second kappa shape index (κ2) is 5.78. The van der Waals surface area contributed by atoms with Gasteiger partial charge >= 0.3 is 6.09 Å². The predicted octanol–water partition coefficient (Wildman–Crippen LogP) is 2.09. The average molecular weight is 308 g/mol. The number of aromatic hydroxyl groups is 1. The topological polar surface area (TPSA) is 105 Å². The Bertz CT molecular complexity index is 560. The molecule has 0 radical (unpaired) electrons. The van der Waals surface area contributed by atoms with Gasteiger partial charge in [-0.1, -0.05) is 6.07 Å². The van der Waals surface area contributed by atoms with E-state index in [2.05, 4.69) is 5.32 Å². The third-order valence-electron chi connectivity index (χ3n) is 3.89. The molecule has 0 aromatic heterocycles. The minimum absolute atomic E-state index is 0.0401. The van der Waals surface area contributed by atoms with Gasteiger partial charge in [0, 0.05) is 12.0 Å². The average Bonchev–Trinajstić information content (AvgIpc) is 2.35. The lowest BCUT2D eigenvalue weighted by molar-refractivity contribution is 0.0221. The highest BCUT2D eigenvalue weighted by Gasteiger charge is 2.44. The first kappa shape index (κ1) is 16.6. The summed E-state index contributed by atoms with van der Waals surface area (Å²) in [5, 5.41) is 22.0. The molecule has 6 nitrogen and oxygen atoms in total. The van der Waals surface area contributed by atoms with E-state index >= 15 is 0 Å². The van der Waals surface area contributed by atoms with Crippen LogP contribution in [0.2, 0.25) is 0 Å². The van der Waals surface area contributed by atoms with Crippen molar-refractivity contribution in [3.63, 3.8) is 0 Å². The molecule has 0 saturated heterocycles. The summed E-state index contributed by atoms with van der Waals surface area (Å²) in [6.07, 6.45) is 0.190. The van der Waals surface area contributed by atoms with E-state index in [1.165, 1.54) is 6.07 Å². The number of nitrogens with one attached hydrogen (secondary N) is 1. The van der Waals surface area contributed by atoms with Gasteiger partial charge in [-0.15, -0.1) is 0 Å². The van der Waals surface area contributed by atoms with E-state index in [0.717, 1.165) is 5.56 Å². The van der Waals surface area contributed by atoms with Gasteiger partial charge in [-0.2, -0.15) is 0 Å². The second-order valence-electron chi connectivity index (χ2n) is 6.91. The quantitative estimate of drug-likeness (QED) is 0.640. The fraction of sp³-hybridized carbons (Fsp3) is 0.562. The molecule has 0 unspecified atom stereocenters. The Balaban J connectivity index is 2.19. The number of rotatable bonds is 3. The number of amides is 1. The number of ether oxygens (including phenoxy) is 1. The summed E-state index contributed by atoms with van der Waals surface area (Å²) in [4.78, 5) is 11.8. The van der Waals surface area contributed by atoms with Crippen molar-refractivity contribution in [2.24, 2.45) is 5.73 Å². The van der Waals surface area contributed by atoms with Crippen molar-refractivity contribution >= 4 is 11.8 Å². The normalized spacial score (nSPS) is 24.5. The van der Waals surface area contributed by atoms with Crippen molar-refractivity contribution in [1.29, 1.82) is 0 Å². The van der Waals surface area contributed by atoms with Gasteiger partial charge in [0.2, 0.25) is 0 Å². The number of hydrogen-bond acceptors (Lipinski definition) is 5. The number of aliphatic hydroxyl groups is 1. The van der Waals surface area contributed by atoms with Crippen LogP contribution < -0.4 is 11.1 Å². The molecule has 1 fully saturated rings. The number of aliphatic hydroxyl groups excluding tert-OH is 1. The summed E-state index contributed by atoms with van der Waals surface area (Å²) in [5.41, 5.74) is 6.11. The van der Waals surface area contributed by atoms with Crippen LogP contribution in [0.3, 0.4) is 0 Å². The van der Waals surface area contributed by atoms with E-state index in [0.29, 0.717) is 19.4 Å². The Hall–Kier alpha value is -1.79. The number of carbonyl (C=O) groups is 1. The first-order chi connectivity index (χ1) is 10.1. The minimum atomic E-state index is -0.629. The molecule has 1 aromatic rings. The van der Waals surface area contributed by atoms with Crippen molar-refractivity contribution in [3.8, 4) is 5.75 Å². The Labute approximate surface area is 130 Å². The van der Waals surface area contributed by atoms with Crippen LogP contribution >= 0.6 is 0 Å². The van der Waals surface area contributed by atoms with Crippen molar-refractivity contribution in [3.05, 3.63) is 23.8 Å². The van der Waals surface area contributed by atoms with Crippen molar-refractivity contribution in [1.82, 2.24) is 0 Å². The molecule has 5 N–H and O–H groups in total. The Morgan fingerprint density at radius 2 is 2.09 bits per heavy atom. The number of nitrogens with two attached hydrogens (primary N) is 1. The highest BCUT2D eigenvalue weighted by atomic mass is 16.6. The van der Waals surface area contributed by atoms with Crippen LogP contribution in [0.15, 0.2) is 18.2 Å². The SMILES string of the molecule is CC(C)(C)OC(=O)Nc1cc(C2(CN)CC(O)C2)ccc1O. The van der Waals surface area contributed by atoms with Crippen molar-refractivity contribution in [2.75, 3.05) is 11.9 Å². The molecule has 6 heteroatoms. The number of carbonyl (C=O) groups excluding carboxylic acids is 1. The predicted molar refractivity (Wildman–Crippen MR) is 83.9 cm³/mol. The van der Waals surface area contributed by atoms with Crippen LogP contribution in [0.5, 0.6) is 5.75 Å². The third kappa shape index (κ3) is 3.51. The van der Waals surface area contributed by atoms with E-state index in [1.54, 1.807) is 32.9 Å². The monoisotopic (exact) mass is 308 g/mol. The molecule has 1 saturated carbocycles. The fourth-order valence-electron chi connectivity index (χ4n) is 2.74. The second-order valence-corrected chi connectivity index (χ2v) is 6.91. The Kier molecular flexibility index (Phi) is 4.35. The molecule has 1 amide bonds. The lowest BCUT2D eigenvalue weighted by Crippen LogP contribution is -2.49. The molecule has 122 valence electrons. The maximum absolute atomic E-state index is 11.8. The maximum Gasteiger partial charge on any atom is 0.412 e. The van der Waals surface area contributed by atoms with E-state index < -0.39 is 11.7 Å². The highest BCUT2D eigenvalue weighted by Crippen LogP contribution is 2.44. The zero-order chi connectivity index (χ0) is 16.5. The van der Waals surface area contributed by atoms with Gasteiger partial charge in [0.15, 0.2) is 0 Å². The summed E-state index contributed by atoms with van der Waals surface area (Å²) >= 11 is 0. The van der Waals surface area contributed by atoms with Gasteiger partial charge in [0.05, 0.1) is 11.8 Å². The molecule has 0 atom stereocenters. The Morgan fingerprint density at radius 3 is 2.59 bits per heavy atom. The van der Waals surface area contributed by atoms with Gasteiger partial charge in [-0.3, -0.25) is 5.32 Å². The van der Waals surface area contributed by atoms with Crippen molar-refractivity contribution in [2.45, 2.75) is 50.7 Å². The van der Waals surface area contributed by atoms with Crippen LogP contribution in [0.1, 0.15) is 39.2 Å². The summed E-state index contributed by atoms with van der Waals surface area (Å²) in [7, 11) is 0.